The highest BCUT2D eigenvalue weighted by Gasteiger charge is 2.17. The average Bonchev–Trinajstić information content (AvgIpc) is 2.60. The molecule has 0 spiro atoms. The zero-order valence-electron chi connectivity index (χ0n) is 14.1. The van der Waals surface area contributed by atoms with E-state index in [1.807, 2.05) is 50.2 Å². The fourth-order valence-corrected chi connectivity index (χ4v) is 2.27. The number of oxime groups is 1. The van der Waals surface area contributed by atoms with E-state index in [1.54, 1.807) is 6.07 Å². The standard InChI is InChI=1S/C19H20N2O3/c1-13-9-10-14(2)17(11-13)24-12-15-7-5-6-8-16(15)18(21-23-4)19(22)20-3/h5-11H,3,12H2,1-2,4H3/b21-18+. The van der Waals surface area contributed by atoms with Crippen LogP contribution in [0.1, 0.15) is 22.3 Å². The van der Waals surface area contributed by atoms with Crippen LogP contribution in [-0.4, -0.2) is 25.4 Å². The first-order valence-electron chi connectivity index (χ1n) is 7.47. The molecule has 1 amide bonds. The van der Waals surface area contributed by atoms with Crippen LogP contribution in [0.25, 0.3) is 0 Å². The Kier molecular flexibility index (Phi) is 5.84. The van der Waals surface area contributed by atoms with Gasteiger partial charge in [0.25, 0.3) is 5.91 Å². The first kappa shape index (κ1) is 17.4. The summed E-state index contributed by atoms with van der Waals surface area (Å²) in [7, 11) is 1.38. The SMILES string of the molecule is C=NC(=O)/C(=N/OC)c1ccccc1COc1cc(C)ccc1C. The Morgan fingerprint density at radius 3 is 2.62 bits per heavy atom. The highest BCUT2D eigenvalue weighted by Crippen LogP contribution is 2.21. The molecule has 0 aromatic heterocycles. The minimum atomic E-state index is -0.545. The lowest BCUT2D eigenvalue weighted by molar-refractivity contribution is -0.111. The van der Waals surface area contributed by atoms with Crippen molar-refractivity contribution in [3.8, 4) is 5.75 Å². The van der Waals surface area contributed by atoms with Crippen LogP contribution in [0.15, 0.2) is 52.6 Å². The average molecular weight is 324 g/mol. The number of hydrogen-bond donors (Lipinski definition) is 0. The monoisotopic (exact) mass is 324 g/mol. The molecule has 2 aromatic rings. The molecular weight excluding hydrogens is 304 g/mol. The summed E-state index contributed by atoms with van der Waals surface area (Å²) in [6, 6.07) is 13.4. The van der Waals surface area contributed by atoms with Crippen molar-refractivity contribution in [3.05, 3.63) is 64.7 Å². The van der Waals surface area contributed by atoms with E-state index < -0.39 is 5.91 Å². The van der Waals surface area contributed by atoms with Gasteiger partial charge in [-0.25, -0.2) is 4.99 Å². The van der Waals surface area contributed by atoms with Crippen LogP contribution < -0.4 is 4.74 Å². The molecular formula is C19H20N2O3. The first-order chi connectivity index (χ1) is 11.6. The summed E-state index contributed by atoms with van der Waals surface area (Å²) in [5.41, 5.74) is 3.70. The summed E-state index contributed by atoms with van der Waals surface area (Å²) in [4.78, 5) is 20.1. The molecule has 0 saturated heterocycles. The second kappa shape index (κ2) is 8.06. The van der Waals surface area contributed by atoms with Gasteiger partial charge in [0.15, 0.2) is 5.71 Å². The van der Waals surface area contributed by atoms with Gasteiger partial charge in [-0.3, -0.25) is 4.79 Å². The van der Waals surface area contributed by atoms with E-state index >= 15 is 0 Å². The number of hydrogen-bond acceptors (Lipinski definition) is 4. The summed E-state index contributed by atoms with van der Waals surface area (Å²) >= 11 is 0. The van der Waals surface area contributed by atoms with Gasteiger partial charge in [-0.2, -0.15) is 0 Å². The van der Waals surface area contributed by atoms with E-state index in [9.17, 15) is 4.79 Å². The lowest BCUT2D eigenvalue weighted by Crippen LogP contribution is -2.16. The Bertz CT molecular complexity index is 782. The summed E-state index contributed by atoms with van der Waals surface area (Å²) in [5.74, 6) is 0.263. The molecule has 5 heteroatoms. The zero-order chi connectivity index (χ0) is 17.5. The number of benzene rings is 2. The molecule has 0 unspecified atom stereocenters. The van der Waals surface area contributed by atoms with E-state index in [0.717, 1.165) is 22.4 Å². The van der Waals surface area contributed by atoms with Gasteiger partial charge in [-0.1, -0.05) is 41.6 Å². The van der Waals surface area contributed by atoms with Crippen LogP contribution in [0, 0.1) is 13.8 Å². The van der Waals surface area contributed by atoms with Crippen LogP contribution >= 0.6 is 0 Å². The molecule has 0 saturated carbocycles. The number of carbonyl (C=O) groups is 1. The highest BCUT2D eigenvalue weighted by atomic mass is 16.6. The van der Waals surface area contributed by atoms with Crippen molar-refractivity contribution < 1.29 is 14.4 Å². The van der Waals surface area contributed by atoms with E-state index in [-0.39, 0.29) is 5.71 Å². The smallest absolute Gasteiger partial charge is 0.299 e. The Labute approximate surface area is 141 Å². The quantitative estimate of drug-likeness (QED) is 0.604. The van der Waals surface area contributed by atoms with Crippen LogP contribution in [-0.2, 0) is 16.2 Å². The van der Waals surface area contributed by atoms with Crippen molar-refractivity contribution in [1.29, 1.82) is 0 Å². The molecule has 5 nitrogen and oxygen atoms in total. The Balaban J connectivity index is 2.32. The topological polar surface area (TPSA) is 60.2 Å². The number of ether oxygens (including phenoxy) is 1. The molecule has 0 atom stereocenters. The second-order valence-corrected chi connectivity index (χ2v) is 5.30. The van der Waals surface area contributed by atoms with Crippen molar-refractivity contribution in [1.82, 2.24) is 0 Å². The Morgan fingerprint density at radius 2 is 1.92 bits per heavy atom. The minimum Gasteiger partial charge on any atom is -0.489 e. The van der Waals surface area contributed by atoms with E-state index in [2.05, 4.69) is 16.9 Å². The lowest BCUT2D eigenvalue weighted by Gasteiger charge is -2.13. The molecule has 0 N–H and O–H groups in total. The Morgan fingerprint density at radius 1 is 1.17 bits per heavy atom. The van der Waals surface area contributed by atoms with Gasteiger partial charge in [-0.05, 0) is 43.3 Å². The number of nitrogens with zero attached hydrogens (tertiary/aromatic N) is 2. The number of carbonyl (C=O) groups excluding carboxylic acids is 1. The molecule has 0 fully saturated rings. The largest absolute Gasteiger partial charge is 0.489 e. The fourth-order valence-electron chi connectivity index (χ4n) is 2.27. The van der Waals surface area contributed by atoms with E-state index in [4.69, 9.17) is 9.57 Å². The number of aliphatic imine (C=N–C) groups is 1. The first-order valence-corrected chi connectivity index (χ1v) is 7.47. The summed E-state index contributed by atoms with van der Waals surface area (Å²) in [5, 5.41) is 3.79. The second-order valence-electron chi connectivity index (χ2n) is 5.30. The third kappa shape index (κ3) is 4.07. The molecule has 2 aromatic carbocycles. The molecule has 0 aliphatic heterocycles. The van der Waals surface area contributed by atoms with Crippen LogP contribution in [0.4, 0.5) is 0 Å². The Hall–Kier alpha value is -2.95. The van der Waals surface area contributed by atoms with Gasteiger partial charge in [0.1, 0.15) is 19.5 Å². The highest BCUT2D eigenvalue weighted by molar-refractivity contribution is 6.46. The maximum Gasteiger partial charge on any atom is 0.299 e. The summed E-state index contributed by atoms with van der Waals surface area (Å²) < 4.78 is 5.93. The minimum absolute atomic E-state index is 0.104. The third-order valence-corrected chi connectivity index (χ3v) is 3.53. The lowest BCUT2D eigenvalue weighted by atomic mass is 10.0. The van der Waals surface area contributed by atoms with Gasteiger partial charge in [0, 0.05) is 5.56 Å². The molecule has 0 aliphatic carbocycles. The van der Waals surface area contributed by atoms with Crippen molar-refractivity contribution in [3.63, 3.8) is 0 Å². The van der Waals surface area contributed by atoms with Crippen molar-refractivity contribution >= 4 is 18.3 Å². The van der Waals surface area contributed by atoms with E-state index in [1.165, 1.54) is 7.11 Å². The van der Waals surface area contributed by atoms with Gasteiger partial charge in [0.2, 0.25) is 0 Å². The van der Waals surface area contributed by atoms with Crippen molar-refractivity contribution in [2.24, 2.45) is 10.1 Å². The van der Waals surface area contributed by atoms with E-state index in [0.29, 0.717) is 12.2 Å². The molecule has 124 valence electrons. The molecule has 0 heterocycles. The third-order valence-electron chi connectivity index (χ3n) is 3.53. The molecule has 0 bridgehead atoms. The molecule has 0 aliphatic rings. The van der Waals surface area contributed by atoms with Crippen LogP contribution in [0.5, 0.6) is 5.75 Å². The van der Waals surface area contributed by atoms with Gasteiger partial charge in [-0.15, -0.1) is 0 Å². The van der Waals surface area contributed by atoms with Gasteiger partial charge in [0.05, 0.1) is 0 Å². The number of aryl methyl sites for hydroxylation is 2. The van der Waals surface area contributed by atoms with Crippen LogP contribution in [0.3, 0.4) is 0 Å². The molecule has 24 heavy (non-hydrogen) atoms. The predicted octanol–water partition coefficient (Wildman–Crippen LogP) is 3.46. The summed E-state index contributed by atoms with van der Waals surface area (Å²) in [6.45, 7) is 7.57. The molecule has 2 rings (SSSR count). The number of amides is 1. The van der Waals surface area contributed by atoms with Crippen LogP contribution in [0.2, 0.25) is 0 Å². The predicted molar refractivity (Wildman–Crippen MR) is 94.8 cm³/mol. The van der Waals surface area contributed by atoms with Gasteiger partial charge < -0.3 is 9.57 Å². The maximum atomic E-state index is 11.9. The fraction of sp³-hybridized carbons (Fsp3) is 0.211. The van der Waals surface area contributed by atoms with Crippen molar-refractivity contribution in [2.45, 2.75) is 20.5 Å². The van der Waals surface area contributed by atoms with Crippen molar-refractivity contribution in [2.75, 3.05) is 7.11 Å². The number of rotatable bonds is 6. The maximum absolute atomic E-state index is 11.9. The zero-order valence-corrected chi connectivity index (χ0v) is 14.1. The van der Waals surface area contributed by atoms with Gasteiger partial charge >= 0.3 is 0 Å². The molecule has 0 radical (unpaired) electrons. The summed E-state index contributed by atoms with van der Waals surface area (Å²) in [6.07, 6.45) is 0. The normalized spacial score (nSPS) is 11.0.